The predicted octanol–water partition coefficient (Wildman–Crippen LogP) is 1.79. The molecule has 0 aliphatic carbocycles. The number of hydrogen-bond acceptors (Lipinski definition) is 5. The lowest BCUT2D eigenvalue weighted by atomic mass is 10.2. The topological polar surface area (TPSA) is 120 Å². The van der Waals surface area contributed by atoms with E-state index in [-0.39, 0.29) is 11.3 Å². The Morgan fingerprint density at radius 1 is 1.33 bits per heavy atom. The van der Waals surface area contributed by atoms with Crippen LogP contribution in [0.2, 0.25) is 0 Å². The second kappa shape index (κ2) is 5.26. The number of carboxylic acids is 1. The van der Waals surface area contributed by atoms with E-state index in [0.29, 0.717) is 0 Å². The van der Waals surface area contributed by atoms with E-state index in [4.69, 9.17) is 10.4 Å². The number of carbonyl (C=O) groups is 1. The van der Waals surface area contributed by atoms with E-state index in [9.17, 15) is 17.6 Å². The van der Waals surface area contributed by atoms with Crippen molar-refractivity contribution >= 4 is 21.7 Å². The van der Waals surface area contributed by atoms with Gasteiger partial charge in [-0.1, -0.05) is 0 Å². The Labute approximate surface area is 118 Å². The lowest BCUT2D eigenvalue weighted by Crippen LogP contribution is -2.12. The molecule has 2 rings (SSSR count). The van der Waals surface area contributed by atoms with Gasteiger partial charge in [-0.05, 0) is 30.3 Å². The maximum absolute atomic E-state index is 13.1. The van der Waals surface area contributed by atoms with Crippen molar-refractivity contribution < 1.29 is 27.1 Å². The Kier molecular flexibility index (Phi) is 3.64. The monoisotopic (exact) mass is 310 g/mol. The molecule has 108 valence electrons. The number of anilines is 1. The van der Waals surface area contributed by atoms with E-state index in [2.05, 4.69) is 9.14 Å². The number of carboxylic acid groups (broad SMARTS) is 1. The lowest BCUT2D eigenvalue weighted by Gasteiger charge is -2.06. The van der Waals surface area contributed by atoms with Crippen molar-refractivity contribution in [1.82, 2.24) is 0 Å². The summed E-state index contributed by atoms with van der Waals surface area (Å²) >= 11 is 0. The fraction of sp³-hybridized carbons (Fsp3) is 0. The Hall–Kier alpha value is -2.86. The molecular weight excluding hydrogens is 303 g/mol. The predicted molar refractivity (Wildman–Crippen MR) is 67.6 cm³/mol. The molecule has 0 unspecified atom stereocenters. The molecule has 0 saturated carbocycles. The maximum Gasteiger partial charge on any atom is 0.371 e. The number of nitrogens with zero attached hydrogens (tertiary/aromatic N) is 1. The SMILES string of the molecule is N#Cc1cc(NS(=O)(=O)c2ccc(C(=O)O)o2)ccc1F. The Morgan fingerprint density at radius 2 is 2.05 bits per heavy atom. The summed E-state index contributed by atoms with van der Waals surface area (Å²) in [6.45, 7) is 0. The van der Waals surface area contributed by atoms with Crippen LogP contribution < -0.4 is 4.72 Å². The van der Waals surface area contributed by atoms with Gasteiger partial charge in [-0.3, -0.25) is 4.72 Å². The molecule has 0 amide bonds. The van der Waals surface area contributed by atoms with E-state index >= 15 is 0 Å². The van der Waals surface area contributed by atoms with E-state index in [0.717, 1.165) is 30.3 Å². The van der Waals surface area contributed by atoms with Crippen LogP contribution in [0.5, 0.6) is 0 Å². The van der Waals surface area contributed by atoms with Gasteiger partial charge >= 0.3 is 5.97 Å². The first kappa shape index (κ1) is 14.5. The molecule has 2 N–H and O–H groups in total. The van der Waals surface area contributed by atoms with Gasteiger partial charge in [0.2, 0.25) is 10.9 Å². The number of rotatable bonds is 4. The molecule has 9 heteroatoms. The van der Waals surface area contributed by atoms with E-state index in [1.54, 1.807) is 6.07 Å². The summed E-state index contributed by atoms with van der Waals surface area (Å²) in [6.07, 6.45) is 0. The number of aromatic carboxylic acids is 1. The quantitative estimate of drug-likeness (QED) is 0.888. The molecule has 0 aliphatic rings. The molecule has 21 heavy (non-hydrogen) atoms. The van der Waals surface area contributed by atoms with Gasteiger partial charge < -0.3 is 9.52 Å². The minimum absolute atomic E-state index is 0.0544. The summed E-state index contributed by atoms with van der Waals surface area (Å²) in [5.41, 5.74) is -0.387. The van der Waals surface area contributed by atoms with Crippen LogP contribution >= 0.6 is 0 Å². The zero-order valence-corrected chi connectivity index (χ0v) is 11.0. The summed E-state index contributed by atoms with van der Waals surface area (Å²) in [4.78, 5) is 10.6. The van der Waals surface area contributed by atoms with Crippen molar-refractivity contribution in [2.45, 2.75) is 5.09 Å². The zero-order chi connectivity index (χ0) is 15.6. The standard InChI is InChI=1S/C12H7FN2O5S/c13-9-2-1-8(5-7(9)6-14)15-21(18,19)11-4-3-10(20-11)12(16)17/h1-5,15H,(H,16,17). The number of nitriles is 1. The largest absolute Gasteiger partial charge is 0.475 e. The molecule has 7 nitrogen and oxygen atoms in total. The molecule has 1 aromatic carbocycles. The minimum Gasteiger partial charge on any atom is -0.475 e. The molecule has 0 atom stereocenters. The van der Waals surface area contributed by atoms with Crippen LogP contribution in [0.4, 0.5) is 10.1 Å². The van der Waals surface area contributed by atoms with Crippen molar-refractivity contribution in [3.8, 4) is 6.07 Å². The van der Waals surface area contributed by atoms with Crippen LogP contribution in [0.3, 0.4) is 0 Å². The highest BCUT2D eigenvalue weighted by molar-refractivity contribution is 7.92. The Bertz CT molecular complexity index is 851. The van der Waals surface area contributed by atoms with Crippen LogP contribution in [0, 0.1) is 17.1 Å². The number of sulfonamides is 1. The molecule has 0 fully saturated rings. The highest BCUT2D eigenvalue weighted by Crippen LogP contribution is 2.20. The smallest absolute Gasteiger partial charge is 0.371 e. The number of halogens is 1. The van der Waals surface area contributed by atoms with Crippen LogP contribution in [-0.4, -0.2) is 19.5 Å². The van der Waals surface area contributed by atoms with Crippen LogP contribution in [0.1, 0.15) is 16.1 Å². The first-order valence-electron chi connectivity index (χ1n) is 5.39. The number of hydrogen-bond donors (Lipinski definition) is 2. The molecule has 0 radical (unpaired) electrons. The average Bonchev–Trinajstić information content (AvgIpc) is 2.91. The minimum atomic E-state index is -4.18. The Balaban J connectivity index is 2.33. The van der Waals surface area contributed by atoms with Crippen LogP contribution in [0.25, 0.3) is 0 Å². The molecule has 0 spiro atoms. The molecular formula is C12H7FN2O5S. The average molecular weight is 310 g/mol. The summed E-state index contributed by atoms with van der Waals surface area (Å²) in [5, 5.41) is 16.7. The molecule has 0 aliphatic heterocycles. The first-order valence-corrected chi connectivity index (χ1v) is 6.87. The van der Waals surface area contributed by atoms with E-state index in [1.807, 2.05) is 0 Å². The maximum atomic E-state index is 13.1. The number of benzene rings is 1. The van der Waals surface area contributed by atoms with Crippen molar-refractivity contribution in [2.75, 3.05) is 4.72 Å². The highest BCUT2D eigenvalue weighted by atomic mass is 32.2. The van der Waals surface area contributed by atoms with Gasteiger partial charge in [-0.2, -0.15) is 13.7 Å². The summed E-state index contributed by atoms with van der Waals surface area (Å²) < 4.78 is 43.8. The third-order valence-corrected chi connectivity index (χ3v) is 3.65. The zero-order valence-electron chi connectivity index (χ0n) is 10.2. The van der Waals surface area contributed by atoms with Crippen LogP contribution in [-0.2, 0) is 10.0 Å². The highest BCUT2D eigenvalue weighted by Gasteiger charge is 2.21. The molecule has 0 saturated heterocycles. The Morgan fingerprint density at radius 3 is 2.62 bits per heavy atom. The second-order valence-corrected chi connectivity index (χ2v) is 5.45. The van der Waals surface area contributed by atoms with Gasteiger partial charge in [0.05, 0.1) is 11.3 Å². The second-order valence-electron chi connectivity index (χ2n) is 3.84. The van der Waals surface area contributed by atoms with Gasteiger partial charge in [-0.15, -0.1) is 0 Å². The fourth-order valence-electron chi connectivity index (χ4n) is 1.46. The van der Waals surface area contributed by atoms with E-state index in [1.165, 1.54) is 0 Å². The summed E-state index contributed by atoms with van der Waals surface area (Å²) in [5.74, 6) is -2.73. The third-order valence-electron chi connectivity index (χ3n) is 2.40. The lowest BCUT2D eigenvalue weighted by molar-refractivity contribution is 0.0656. The van der Waals surface area contributed by atoms with Crippen molar-refractivity contribution in [1.29, 1.82) is 5.26 Å². The van der Waals surface area contributed by atoms with Gasteiger partial charge in [-0.25, -0.2) is 9.18 Å². The fourth-order valence-corrected chi connectivity index (χ4v) is 2.44. The summed E-state index contributed by atoms with van der Waals surface area (Å²) in [6, 6.07) is 6.59. The molecule has 2 aromatic rings. The van der Waals surface area contributed by atoms with Crippen molar-refractivity contribution in [3.05, 3.63) is 47.5 Å². The summed E-state index contributed by atoms with van der Waals surface area (Å²) in [7, 11) is -4.18. The van der Waals surface area contributed by atoms with Gasteiger partial charge in [0.15, 0.2) is 0 Å². The number of furan rings is 1. The van der Waals surface area contributed by atoms with Crippen molar-refractivity contribution in [3.63, 3.8) is 0 Å². The first-order chi connectivity index (χ1) is 9.83. The van der Waals surface area contributed by atoms with Crippen molar-refractivity contribution in [2.24, 2.45) is 0 Å². The van der Waals surface area contributed by atoms with Crippen LogP contribution in [0.15, 0.2) is 39.8 Å². The molecule has 1 heterocycles. The molecule has 1 aromatic heterocycles. The van der Waals surface area contributed by atoms with Gasteiger partial charge in [0.25, 0.3) is 10.0 Å². The van der Waals surface area contributed by atoms with E-state index < -0.39 is 32.7 Å². The normalized spacial score (nSPS) is 10.9. The third kappa shape index (κ3) is 3.01. The van der Waals surface area contributed by atoms with Gasteiger partial charge in [0.1, 0.15) is 11.9 Å². The molecule has 0 bridgehead atoms. The number of nitrogens with one attached hydrogen (secondary N) is 1. The van der Waals surface area contributed by atoms with Gasteiger partial charge in [0, 0.05) is 0 Å².